The molecule has 0 aliphatic heterocycles. The molecule has 7 heteroatoms. The molecule has 0 spiro atoms. The zero-order valence-corrected chi connectivity index (χ0v) is 19.1. The van der Waals surface area contributed by atoms with E-state index in [1.54, 1.807) is 6.20 Å². The second kappa shape index (κ2) is 10.2. The Morgan fingerprint density at radius 1 is 1.00 bits per heavy atom. The van der Waals surface area contributed by atoms with Gasteiger partial charge in [0, 0.05) is 29.6 Å². The highest BCUT2D eigenvalue weighted by molar-refractivity contribution is 6.30. The lowest BCUT2D eigenvalue weighted by Crippen LogP contribution is -2.25. The quantitative estimate of drug-likeness (QED) is 0.449. The molecule has 0 amide bonds. The van der Waals surface area contributed by atoms with E-state index < -0.39 is 0 Å². The summed E-state index contributed by atoms with van der Waals surface area (Å²) in [7, 11) is 0. The molecule has 1 aromatic carbocycles. The van der Waals surface area contributed by atoms with Crippen molar-refractivity contribution >= 4 is 11.6 Å². The van der Waals surface area contributed by atoms with Gasteiger partial charge in [0.1, 0.15) is 17.8 Å². The fourth-order valence-electron chi connectivity index (χ4n) is 4.44. The minimum atomic E-state index is 0.172. The molecule has 6 nitrogen and oxygen atoms in total. The number of rotatable bonds is 8. The third kappa shape index (κ3) is 5.06. The first-order chi connectivity index (χ1) is 15.2. The van der Waals surface area contributed by atoms with Gasteiger partial charge in [-0.15, -0.1) is 15.3 Å². The minimum Gasteiger partial charge on any atom is -0.473 e. The van der Waals surface area contributed by atoms with E-state index in [0.29, 0.717) is 11.8 Å². The van der Waals surface area contributed by atoms with Crippen molar-refractivity contribution in [3.05, 3.63) is 58.8 Å². The predicted molar refractivity (Wildman–Crippen MR) is 122 cm³/mol. The van der Waals surface area contributed by atoms with Crippen molar-refractivity contribution in [1.29, 1.82) is 0 Å². The molecule has 2 aromatic heterocycles. The Balaban J connectivity index is 1.58. The van der Waals surface area contributed by atoms with Crippen LogP contribution in [0.25, 0.3) is 5.69 Å². The zero-order valence-electron chi connectivity index (χ0n) is 18.3. The third-order valence-electron chi connectivity index (χ3n) is 5.91. The van der Waals surface area contributed by atoms with E-state index in [9.17, 15) is 0 Å². The molecule has 164 valence electrons. The number of ether oxygens (including phenoxy) is 1. The largest absolute Gasteiger partial charge is 0.473 e. The second-order valence-corrected chi connectivity index (χ2v) is 8.67. The molecule has 0 N–H and O–H groups in total. The number of hydrogen-bond acceptors (Lipinski definition) is 5. The van der Waals surface area contributed by atoms with Gasteiger partial charge in [-0.25, -0.2) is 0 Å². The van der Waals surface area contributed by atoms with Crippen LogP contribution in [-0.2, 0) is 12.8 Å². The summed E-state index contributed by atoms with van der Waals surface area (Å²) in [4.78, 5) is 0. The van der Waals surface area contributed by atoms with Crippen LogP contribution >= 0.6 is 11.6 Å². The van der Waals surface area contributed by atoms with Crippen LogP contribution in [0.2, 0.25) is 5.02 Å². The number of aryl methyl sites for hydroxylation is 2. The lowest BCUT2D eigenvalue weighted by Gasteiger charge is -2.28. The molecule has 0 unspecified atom stereocenters. The van der Waals surface area contributed by atoms with Crippen molar-refractivity contribution in [2.75, 3.05) is 0 Å². The maximum Gasteiger partial charge on any atom is 0.233 e. The van der Waals surface area contributed by atoms with Crippen molar-refractivity contribution < 1.29 is 4.74 Å². The maximum absolute atomic E-state index is 6.32. The lowest BCUT2D eigenvalue weighted by molar-refractivity contribution is 0.137. The van der Waals surface area contributed by atoms with Crippen molar-refractivity contribution in [2.45, 2.75) is 77.2 Å². The Hall–Kier alpha value is -2.47. The van der Waals surface area contributed by atoms with Gasteiger partial charge in [-0.1, -0.05) is 31.9 Å². The van der Waals surface area contributed by atoms with Gasteiger partial charge < -0.3 is 4.74 Å². The molecule has 0 radical (unpaired) electrons. The van der Waals surface area contributed by atoms with Crippen LogP contribution in [-0.4, -0.2) is 31.1 Å². The van der Waals surface area contributed by atoms with Crippen LogP contribution < -0.4 is 4.74 Å². The molecule has 3 aromatic rings. The van der Waals surface area contributed by atoms with Crippen molar-refractivity contribution in [2.24, 2.45) is 0 Å². The number of hydrogen-bond donors (Lipinski definition) is 0. The topological polar surface area (TPSA) is 65.7 Å². The number of benzene rings is 1. The molecular weight excluding hydrogens is 410 g/mol. The van der Waals surface area contributed by atoms with Gasteiger partial charge >= 0.3 is 0 Å². The highest BCUT2D eigenvalue weighted by atomic mass is 35.5. The van der Waals surface area contributed by atoms with E-state index in [2.05, 4.69) is 50.9 Å². The summed E-state index contributed by atoms with van der Waals surface area (Å²) in [6.07, 6.45) is 9.81. The lowest BCUT2D eigenvalue weighted by atomic mass is 9.86. The van der Waals surface area contributed by atoms with Crippen LogP contribution in [0.1, 0.15) is 75.5 Å². The van der Waals surface area contributed by atoms with Crippen molar-refractivity contribution in [3.63, 3.8) is 0 Å². The van der Waals surface area contributed by atoms with Gasteiger partial charge in [-0.2, -0.15) is 5.10 Å². The Bertz CT molecular complexity index is 983. The molecule has 1 aliphatic carbocycles. The Kier molecular flexibility index (Phi) is 7.17. The number of aromatic nitrogens is 5. The van der Waals surface area contributed by atoms with Crippen LogP contribution in [0.5, 0.6) is 5.88 Å². The van der Waals surface area contributed by atoms with E-state index in [-0.39, 0.29) is 6.10 Å². The van der Waals surface area contributed by atoms with E-state index in [1.165, 1.54) is 11.3 Å². The summed E-state index contributed by atoms with van der Waals surface area (Å²) in [5.41, 5.74) is 2.43. The molecule has 0 atom stereocenters. The highest BCUT2D eigenvalue weighted by Gasteiger charge is 2.29. The van der Waals surface area contributed by atoms with Gasteiger partial charge in [0.05, 0.1) is 5.69 Å². The van der Waals surface area contributed by atoms with Crippen LogP contribution in [0.3, 0.4) is 0 Å². The minimum absolute atomic E-state index is 0.172. The first-order valence-electron chi connectivity index (χ1n) is 11.4. The summed E-state index contributed by atoms with van der Waals surface area (Å²) in [5.74, 6) is 3.07. The van der Waals surface area contributed by atoms with Crippen LogP contribution in [0.15, 0.2) is 36.5 Å². The van der Waals surface area contributed by atoms with Crippen LogP contribution in [0, 0.1) is 0 Å². The van der Waals surface area contributed by atoms with Crippen LogP contribution in [0.4, 0.5) is 0 Å². The van der Waals surface area contributed by atoms with Gasteiger partial charge in [-0.05, 0) is 68.4 Å². The summed E-state index contributed by atoms with van der Waals surface area (Å²) in [6.45, 7) is 4.38. The SMILES string of the molecule is CCCc1cc(Cl)ccc1-n1c(CCC)nnc1C1CCC(Oc2cccnn2)CC1. The maximum atomic E-state index is 6.32. The Morgan fingerprint density at radius 3 is 2.52 bits per heavy atom. The normalized spacial score (nSPS) is 18.8. The molecule has 1 aliphatic rings. The summed E-state index contributed by atoms with van der Waals surface area (Å²) >= 11 is 6.32. The zero-order chi connectivity index (χ0) is 21.6. The molecular formula is C24H30ClN5O. The standard InChI is InChI=1S/C24H30ClN5O/c1-3-6-18-16-19(25)11-14-21(18)30-22(7-4-2)27-29-24(30)17-9-12-20(13-10-17)31-23-8-5-15-26-28-23/h5,8,11,14-17,20H,3-4,6-7,9-10,12-13H2,1-2H3. The monoisotopic (exact) mass is 439 g/mol. The molecule has 2 heterocycles. The number of halogens is 1. The van der Waals surface area contributed by atoms with Gasteiger partial charge in [0.25, 0.3) is 0 Å². The van der Waals surface area contributed by atoms with Gasteiger partial charge in [-0.3, -0.25) is 4.57 Å². The number of nitrogens with zero attached hydrogens (tertiary/aromatic N) is 5. The van der Waals surface area contributed by atoms with Crippen molar-refractivity contribution in [1.82, 2.24) is 25.0 Å². The first-order valence-corrected chi connectivity index (χ1v) is 11.7. The van der Waals surface area contributed by atoms with E-state index in [1.807, 2.05) is 18.2 Å². The predicted octanol–water partition coefficient (Wildman–Crippen LogP) is 5.72. The molecule has 1 saturated carbocycles. The van der Waals surface area contributed by atoms with Gasteiger partial charge in [0.15, 0.2) is 0 Å². The molecule has 1 fully saturated rings. The molecule has 0 bridgehead atoms. The fraction of sp³-hybridized carbons (Fsp3) is 0.500. The fourth-order valence-corrected chi connectivity index (χ4v) is 4.64. The highest BCUT2D eigenvalue weighted by Crippen LogP contribution is 2.36. The summed E-state index contributed by atoms with van der Waals surface area (Å²) in [6, 6.07) is 9.91. The summed E-state index contributed by atoms with van der Waals surface area (Å²) < 4.78 is 8.34. The van der Waals surface area contributed by atoms with Crippen molar-refractivity contribution in [3.8, 4) is 11.6 Å². The molecule has 31 heavy (non-hydrogen) atoms. The summed E-state index contributed by atoms with van der Waals surface area (Å²) in [5, 5.41) is 18.0. The molecule has 4 rings (SSSR count). The third-order valence-corrected chi connectivity index (χ3v) is 6.14. The smallest absolute Gasteiger partial charge is 0.233 e. The molecule has 0 saturated heterocycles. The average molecular weight is 440 g/mol. The van der Waals surface area contributed by atoms with E-state index >= 15 is 0 Å². The van der Waals surface area contributed by atoms with Gasteiger partial charge in [0.2, 0.25) is 5.88 Å². The Labute approximate surface area is 189 Å². The second-order valence-electron chi connectivity index (χ2n) is 8.24. The average Bonchev–Trinajstić information content (AvgIpc) is 3.19. The Morgan fingerprint density at radius 2 is 1.81 bits per heavy atom. The van der Waals surface area contributed by atoms with E-state index in [4.69, 9.17) is 16.3 Å². The van der Waals surface area contributed by atoms with E-state index in [0.717, 1.165) is 68.0 Å². The first kappa shape index (κ1) is 21.8.